The van der Waals surface area contributed by atoms with Gasteiger partial charge in [0.25, 0.3) is 10.0 Å². The quantitative estimate of drug-likeness (QED) is 0.290. The molecule has 1 fully saturated rings. The maximum Gasteiger partial charge on any atom is 0.327 e. The van der Waals surface area contributed by atoms with E-state index in [1.54, 1.807) is 63.2 Å². The minimum Gasteiger partial charge on any atom is -0.352 e. The van der Waals surface area contributed by atoms with Gasteiger partial charge in [0.15, 0.2) is 9.84 Å². The molecule has 3 heterocycles. The number of nitrogens with zero attached hydrogens (tertiary/aromatic N) is 3. The molecular weight excluding hydrogens is 622 g/mol. The van der Waals surface area contributed by atoms with Crippen molar-refractivity contribution in [2.24, 2.45) is 5.41 Å². The molecular formula is C28H30ClN3O7S3. The number of hydroxylamine groups is 1. The summed E-state index contributed by atoms with van der Waals surface area (Å²) in [6.07, 6.45) is 3.86. The molecule has 0 spiro atoms. The zero-order valence-electron chi connectivity index (χ0n) is 23.4. The first-order valence-corrected chi connectivity index (χ1v) is 17.4. The molecule has 10 nitrogen and oxygen atoms in total. The molecule has 1 aliphatic heterocycles. The van der Waals surface area contributed by atoms with Crippen LogP contribution >= 0.6 is 22.9 Å². The Balaban J connectivity index is 1.61. The zero-order chi connectivity index (χ0) is 30.9. The number of sulfone groups is 1. The van der Waals surface area contributed by atoms with E-state index in [-0.39, 0.29) is 30.1 Å². The second kappa shape index (κ2) is 12.3. The molecule has 0 radical (unpaired) electrons. The van der Waals surface area contributed by atoms with Crippen molar-refractivity contribution < 1.29 is 31.3 Å². The summed E-state index contributed by atoms with van der Waals surface area (Å²) in [6.45, 7) is 5.53. The van der Waals surface area contributed by atoms with Gasteiger partial charge in [-0.2, -0.15) is 0 Å². The molecule has 0 N–H and O–H groups in total. The van der Waals surface area contributed by atoms with Crippen molar-refractivity contribution in [2.75, 3.05) is 17.7 Å². The number of hydrogen-bond acceptors (Lipinski definition) is 9. The molecule has 1 aromatic carbocycles. The topological polar surface area (TPSA) is 131 Å². The minimum absolute atomic E-state index is 0.0415. The molecule has 1 amide bonds. The Morgan fingerprint density at radius 3 is 2.45 bits per heavy atom. The number of halogens is 1. The van der Waals surface area contributed by atoms with Gasteiger partial charge in [-0.15, -0.1) is 11.3 Å². The van der Waals surface area contributed by atoms with Gasteiger partial charge in [0.05, 0.1) is 21.1 Å². The maximum absolute atomic E-state index is 13.5. The van der Waals surface area contributed by atoms with Crippen molar-refractivity contribution in [1.29, 1.82) is 0 Å². The van der Waals surface area contributed by atoms with Gasteiger partial charge in [0.1, 0.15) is 11.9 Å². The van der Waals surface area contributed by atoms with Crippen LogP contribution in [0.1, 0.15) is 38.5 Å². The third-order valence-electron chi connectivity index (χ3n) is 6.17. The molecule has 14 heteroatoms. The predicted octanol–water partition coefficient (Wildman–Crippen LogP) is 5.17. The largest absolute Gasteiger partial charge is 0.352 e. The van der Waals surface area contributed by atoms with Gasteiger partial charge >= 0.3 is 5.97 Å². The van der Waals surface area contributed by atoms with E-state index in [4.69, 9.17) is 16.4 Å². The Bertz CT molecular complexity index is 1730. The van der Waals surface area contributed by atoms with Crippen LogP contribution in [0.4, 0.5) is 5.82 Å². The average Bonchev–Trinajstić information content (AvgIpc) is 3.49. The van der Waals surface area contributed by atoms with E-state index in [2.05, 4.69) is 4.98 Å². The van der Waals surface area contributed by atoms with Crippen molar-refractivity contribution in [3.8, 4) is 11.1 Å². The van der Waals surface area contributed by atoms with E-state index < -0.39 is 43.2 Å². The van der Waals surface area contributed by atoms with E-state index in [1.807, 2.05) is 0 Å². The Morgan fingerprint density at radius 2 is 1.86 bits per heavy atom. The van der Waals surface area contributed by atoms with Crippen LogP contribution in [0, 0.1) is 5.41 Å². The molecule has 224 valence electrons. The lowest BCUT2D eigenvalue weighted by atomic mass is 9.93. The third-order valence-corrected chi connectivity index (χ3v) is 9.83. The van der Waals surface area contributed by atoms with Crippen LogP contribution < -0.4 is 4.90 Å². The molecule has 0 aliphatic carbocycles. The highest BCUT2D eigenvalue weighted by molar-refractivity contribution is 7.92. The smallest absolute Gasteiger partial charge is 0.327 e. The zero-order valence-corrected chi connectivity index (χ0v) is 26.6. The molecule has 0 saturated carbocycles. The molecule has 3 aromatic rings. The SMILES string of the molecule is CC(C)(C)CC(=O)ON([C@H]1CCN(c2ccc(-c3ccccc3S(C)(=O)=O)cn2)C1=O)S(=O)(=O)C=Cc1ccc(Cl)s1. The van der Waals surface area contributed by atoms with Gasteiger partial charge in [-0.25, -0.2) is 21.8 Å². The number of rotatable bonds is 9. The van der Waals surface area contributed by atoms with Crippen molar-refractivity contribution in [3.63, 3.8) is 0 Å². The summed E-state index contributed by atoms with van der Waals surface area (Å²) in [5.74, 6) is -1.17. The molecule has 0 unspecified atom stereocenters. The molecule has 4 rings (SSSR count). The van der Waals surface area contributed by atoms with Crippen LogP contribution in [-0.4, -0.2) is 57.0 Å². The van der Waals surface area contributed by atoms with Crippen molar-refractivity contribution in [2.45, 2.75) is 44.6 Å². The van der Waals surface area contributed by atoms with Crippen molar-refractivity contribution in [3.05, 3.63) is 69.3 Å². The van der Waals surface area contributed by atoms with E-state index >= 15 is 0 Å². The van der Waals surface area contributed by atoms with Crippen LogP contribution in [0.25, 0.3) is 17.2 Å². The summed E-state index contributed by atoms with van der Waals surface area (Å²) < 4.78 is 52.2. The Morgan fingerprint density at radius 1 is 1.14 bits per heavy atom. The summed E-state index contributed by atoms with van der Waals surface area (Å²) in [4.78, 5) is 38.0. The van der Waals surface area contributed by atoms with Crippen LogP contribution in [0.2, 0.25) is 4.34 Å². The van der Waals surface area contributed by atoms with Crippen LogP contribution in [-0.2, 0) is 34.3 Å². The highest BCUT2D eigenvalue weighted by Crippen LogP contribution is 2.31. The number of benzene rings is 1. The summed E-state index contributed by atoms with van der Waals surface area (Å²) in [5.41, 5.74) is 0.511. The number of amides is 1. The normalized spacial score (nSPS) is 16.5. The van der Waals surface area contributed by atoms with Gasteiger partial charge in [-0.3, -0.25) is 14.5 Å². The van der Waals surface area contributed by atoms with Gasteiger partial charge in [-0.1, -0.05) is 50.6 Å². The van der Waals surface area contributed by atoms with Crippen molar-refractivity contribution >= 4 is 66.6 Å². The number of thiophene rings is 1. The summed E-state index contributed by atoms with van der Waals surface area (Å²) in [6, 6.07) is 11.6. The standard InChI is InChI=1S/C28H30ClN3O7S3/c1-28(2,3)17-26(33)39-32(42(37,38)16-14-20-10-11-24(29)40-20)22-13-15-31(27(22)34)25-12-9-19(18-30-25)21-7-5-6-8-23(21)41(4,35)36/h5-12,14,16,18,22H,13,15,17H2,1-4H3/t22-/m0/s1. The Kier molecular flexibility index (Phi) is 9.28. The van der Waals surface area contributed by atoms with Gasteiger partial charge in [0.2, 0.25) is 5.91 Å². The van der Waals surface area contributed by atoms with Crippen LogP contribution in [0.5, 0.6) is 0 Å². The first-order chi connectivity index (χ1) is 19.5. The number of carbonyl (C=O) groups is 2. The molecule has 1 aliphatic rings. The number of pyridine rings is 1. The van der Waals surface area contributed by atoms with Gasteiger partial charge in [0, 0.05) is 35.0 Å². The van der Waals surface area contributed by atoms with E-state index in [9.17, 15) is 26.4 Å². The highest BCUT2D eigenvalue weighted by Gasteiger charge is 2.44. The fourth-order valence-electron chi connectivity index (χ4n) is 4.31. The average molecular weight is 652 g/mol. The summed E-state index contributed by atoms with van der Waals surface area (Å²) in [5, 5.41) is 0.877. The van der Waals surface area contributed by atoms with Crippen LogP contribution in [0.3, 0.4) is 0 Å². The van der Waals surface area contributed by atoms with Gasteiger partial charge in [-0.05, 0) is 52.7 Å². The number of sulfonamides is 1. The molecule has 42 heavy (non-hydrogen) atoms. The minimum atomic E-state index is -4.40. The number of anilines is 1. The maximum atomic E-state index is 13.5. The van der Waals surface area contributed by atoms with E-state index in [0.717, 1.165) is 11.7 Å². The monoisotopic (exact) mass is 651 g/mol. The fourth-order valence-corrected chi connectivity index (χ4v) is 7.45. The molecule has 0 bridgehead atoms. The number of carbonyl (C=O) groups excluding carboxylic acids is 2. The van der Waals surface area contributed by atoms with Gasteiger partial charge < -0.3 is 4.84 Å². The lowest BCUT2D eigenvalue weighted by Gasteiger charge is -2.26. The number of hydrogen-bond donors (Lipinski definition) is 0. The predicted molar refractivity (Wildman–Crippen MR) is 163 cm³/mol. The molecule has 2 aromatic heterocycles. The fraction of sp³-hybridized carbons (Fsp3) is 0.321. The van der Waals surface area contributed by atoms with Crippen LogP contribution in [0.15, 0.2) is 65.0 Å². The van der Waals surface area contributed by atoms with E-state index in [1.165, 1.54) is 34.6 Å². The molecule has 1 atom stereocenters. The highest BCUT2D eigenvalue weighted by atomic mass is 35.5. The summed E-state index contributed by atoms with van der Waals surface area (Å²) >= 11 is 7.11. The lowest BCUT2D eigenvalue weighted by molar-refractivity contribution is -0.177. The first kappa shape index (κ1) is 31.8. The lowest BCUT2D eigenvalue weighted by Crippen LogP contribution is -2.46. The van der Waals surface area contributed by atoms with Crippen molar-refractivity contribution in [1.82, 2.24) is 9.45 Å². The summed E-state index contributed by atoms with van der Waals surface area (Å²) in [7, 11) is -7.89. The third kappa shape index (κ3) is 7.64. The van der Waals surface area contributed by atoms with E-state index in [0.29, 0.717) is 24.8 Å². The Hall–Kier alpha value is -3.10. The second-order valence-electron chi connectivity index (χ2n) is 10.9. The molecule has 1 saturated heterocycles. The number of aromatic nitrogens is 1. The first-order valence-electron chi connectivity index (χ1n) is 12.8. The second-order valence-corrected chi connectivity index (χ2v) is 16.3. The Labute approximate surface area is 254 Å².